The van der Waals surface area contributed by atoms with Crippen LogP contribution in [0, 0.1) is 0 Å². The SMILES string of the molecule is Cn1ccc(C(=O)N2CCc3ccccc3C2)c1N. The molecule has 0 radical (unpaired) electrons. The zero-order valence-corrected chi connectivity index (χ0v) is 11.0. The molecule has 19 heavy (non-hydrogen) atoms. The average molecular weight is 255 g/mol. The molecule has 4 nitrogen and oxygen atoms in total. The van der Waals surface area contributed by atoms with Crippen molar-refractivity contribution in [1.29, 1.82) is 0 Å². The third kappa shape index (κ3) is 1.99. The highest BCUT2D eigenvalue weighted by Gasteiger charge is 2.23. The number of rotatable bonds is 1. The maximum Gasteiger partial charge on any atom is 0.257 e. The van der Waals surface area contributed by atoms with E-state index >= 15 is 0 Å². The molecule has 4 heteroatoms. The van der Waals surface area contributed by atoms with Gasteiger partial charge in [0.25, 0.3) is 5.91 Å². The van der Waals surface area contributed by atoms with Crippen LogP contribution in [0.1, 0.15) is 21.5 Å². The fourth-order valence-corrected chi connectivity index (χ4v) is 2.56. The fraction of sp³-hybridized carbons (Fsp3) is 0.267. The van der Waals surface area contributed by atoms with E-state index in [9.17, 15) is 4.79 Å². The number of fused-ring (bicyclic) bond motifs is 1. The number of hydrogen-bond donors (Lipinski definition) is 1. The Morgan fingerprint density at radius 3 is 2.63 bits per heavy atom. The molecule has 0 fully saturated rings. The van der Waals surface area contributed by atoms with E-state index in [2.05, 4.69) is 12.1 Å². The van der Waals surface area contributed by atoms with Gasteiger partial charge in [0.1, 0.15) is 5.82 Å². The first-order chi connectivity index (χ1) is 9.16. The first-order valence-corrected chi connectivity index (χ1v) is 6.43. The number of benzene rings is 1. The summed E-state index contributed by atoms with van der Waals surface area (Å²) in [7, 11) is 1.84. The molecular formula is C15H17N3O. The molecule has 0 bridgehead atoms. The van der Waals surface area contributed by atoms with Crippen molar-refractivity contribution in [2.75, 3.05) is 12.3 Å². The van der Waals surface area contributed by atoms with Crippen molar-refractivity contribution in [3.8, 4) is 0 Å². The van der Waals surface area contributed by atoms with E-state index in [1.54, 1.807) is 10.6 Å². The summed E-state index contributed by atoms with van der Waals surface area (Å²) in [5, 5.41) is 0. The minimum Gasteiger partial charge on any atom is -0.384 e. The standard InChI is InChI=1S/C15H17N3O/c1-17-8-7-13(14(17)16)15(19)18-9-6-11-4-2-3-5-12(11)10-18/h2-5,7-8H,6,9-10,16H2,1H3. The molecule has 98 valence electrons. The van der Waals surface area contributed by atoms with Crippen LogP contribution in [0.3, 0.4) is 0 Å². The lowest BCUT2D eigenvalue weighted by molar-refractivity contribution is 0.0736. The Balaban J connectivity index is 1.85. The van der Waals surface area contributed by atoms with Gasteiger partial charge in [-0.15, -0.1) is 0 Å². The maximum atomic E-state index is 12.5. The zero-order chi connectivity index (χ0) is 13.4. The van der Waals surface area contributed by atoms with Crippen LogP contribution in [0.4, 0.5) is 5.82 Å². The fourth-order valence-electron chi connectivity index (χ4n) is 2.56. The summed E-state index contributed by atoms with van der Waals surface area (Å²) in [4.78, 5) is 14.3. The molecule has 0 saturated heterocycles. The lowest BCUT2D eigenvalue weighted by Gasteiger charge is -2.28. The number of hydrogen-bond acceptors (Lipinski definition) is 2. The molecule has 3 rings (SSSR count). The highest BCUT2D eigenvalue weighted by atomic mass is 16.2. The Morgan fingerprint density at radius 1 is 1.21 bits per heavy atom. The van der Waals surface area contributed by atoms with Crippen molar-refractivity contribution < 1.29 is 4.79 Å². The van der Waals surface area contributed by atoms with Crippen molar-refractivity contribution in [3.05, 3.63) is 53.2 Å². The predicted molar refractivity (Wildman–Crippen MR) is 74.7 cm³/mol. The van der Waals surface area contributed by atoms with Crippen LogP contribution in [-0.2, 0) is 20.0 Å². The summed E-state index contributed by atoms with van der Waals surface area (Å²) in [5.74, 6) is 0.552. The monoisotopic (exact) mass is 255 g/mol. The van der Waals surface area contributed by atoms with Gasteiger partial charge in [-0.1, -0.05) is 24.3 Å². The molecule has 1 aliphatic heterocycles. The van der Waals surface area contributed by atoms with E-state index in [0.29, 0.717) is 17.9 Å². The van der Waals surface area contributed by atoms with E-state index < -0.39 is 0 Å². The van der Waals surface area contributed by atoms with Crippen molar-refractivity contribution in [3.63, 3.8) is 0 Å². The summed E-state index contributed by atoms with van der Waals surface area (Å²) < 4.78 is 1.77. The molecule has 1 amide bonds. The van der Waals surface area contributed by atoms with Gasteiger partial charge in [-0.2, -0.15) is 0 Å². The van der Waals surface area contributed by atoms with Crippen molar-refractivity contribution >= 4 is 11.7 Å². The second-order valence-corrected chi connectivity index (χ2v) is 4.97. The van der Waals surface area contributed by atoms with E-state index in [1.165, 1.54) is 11.1 Å². The number of carbonyl (C=O) groups is 1. The van der Waals surface area contributed by atoms with Crippen LogP contribution in [0.2, 0.25) is 0 Å². The first kappa shape index (κ1) is 11.8. The van der Waals surface area contributed by atoms with Gasteiger partial charge in [0.05, 0.1) is 5.56 Å². The number of nitrogens with zero attached hydrogens (tertiary/aromatic N) is 2. The molecule has 2 heterocycles. The number of aryl methyl sites for hydroxylation is 1. The van der Waals surface area contributed by atoms with Crippen LogP contribution < -0.4 is 5.73 Å². The Morgan fingerprint density at radius 2 is 1.95 bits per heavy atom. The number of nitrogen functional groups attached to an aromatic ring is 1. The largest absolute Gasteiger partial charge is 0.384 e. The highest BCUT2D eigenvalue weighted by molar-refractivity contribution is 5.98. The van der Waals surface area contributed by atoms with Crippen LogP contribution in [0.25, 0.3) is 0 Å². The lowest BCUT2D eigenvalue weighted by atomic mass is 9.99. The third-order valence-electron chi connectivity index (χ3n) is 3.77. The van der Waals surface area contributed by atoms with Gasteiger partial charge in [-0.05, 0) is 23.6 Å². The first-order valence-electron chi connectivity index (χ1n) is 6.43. The van der Waals surface area contributed by atoms with Gasteiger partial charge >= 0.3 is 0 Å². The van der Waals surface area contributed by atoms with E-state index in [0.717, 1.165) is 13.0 Å². The Kier molecular flexibility index (Phi) is 2.78. The summed E-state index contributed by atoms with van der Waals surface area (Å²) in [6, 6.07) is 10.1. The summed E-state index contributed by atoms with van der Waals surface area (Å²) in [5.41, 5.74) is 9.09. The molecule has 0 unspecified atom stereocenters. The van der Waals surface area contributed by atoms with Crippen molar-refractivity contribution in [2.24, 2.45) is 7.05 Å². The topological polar surface area (TPSA) is 51.3 Å². The lowest BCUT2D eigenvalue weighted by Crippen LogP contribution is -2.36. The average Bonchev–Trinajstić information content (AvgIpc) is 2.78. The van der Waals surface area contributed by atoms with Gasteiger partial charge in [0, 0.05) is 26.3 Å². The van der Waals surface area contributed by atoms with Crippen molar-refractivity contribution in [2.45, 2.75) is 13.0 Å². The summed E-state index contributed by atoms with van der Waals surface area (Å²) in [6.07, 6.45) is 2.73. The van der Waals surface area contributed by atoms with Gasteiger partial charge < -0.3 is 15.2 Å². The van der Waals surface area contributed by atoms with Gasteiger partial charge in [-0.25, -0.2) is 0 Å². The molecule has 0 aliphatic carbocycles. The van der Waals surface area contributed by atoms with Gasteiger partial charge in [0.15, 0.2) is 0 Å². The number of amides is 1. The van der Waals surface area contributed by atoms with E-state index in [4.69, 9.17) is 5.73 Å². The van der Waals surface area contributed by atoms with Gasteiger partial charge in [-0.3, -0.25) is 4.79 Å². The van der Waals surface area contributed by atoms with Crippen LogP contribution in [0.5, 0.6) is 0 Å². The smallest absolute Gasteiger partial charge is 0.257 e. The number of nitrogens with two attached hydrogens (primary N) is 1. The van der Waals surface area contributed by atoms with Crippen molar-refractivity contribution in [1.82, 2.24) is 9.47 Å². The molecule has 0 atom stereocenters. The Bertz CT molecular complexity index is 630. The minimum absolute atomic E-state index is 0.0209. The second-order valence-electron chi connectivity index (χ2n) is 4.97. The molecular weight excluding hydrogens is 238 g/mol. The molecule has 1 aromatic carbocycles. The molecule has 0 saturated carbocycles. The molecule has 0 spiro atoms. The number of carbonyl (C=O) groups excluding carboxylic acids is 1. The van der Waals surface area contributed by atoms with Crippen LogP contribution >= 0.6 is 0 Å². The van der Waals surface area contributed by atoms with Crippen LogP contribution in [-0.4, -0.2) is 21.9 Å². The normalized spacial score (nSPS) is 14.3. The third-order valence-corrected chi connectivity index (χ3v) is 3.77. The number of anilines is 1. The molecule has 2 aromatic rings. The maximum absolute atomic E-state index is 12.5. The van der Waals surface area contributed by atoms with E-state index in [1.807, 2.05) is 30.3 Å². The minimum atomic E-state index is 0.0209. The second kappa shape index (κ2) is 4.46. The molecule has 1 aromatic heterocycles. The highest BCUT2D eigenvalue weighted by Crippen LogP contribution is 2.22. The molecule has 1 aliphatic rings. The molecule has 2 N–H and O–H groups in total. The van der Waals surface area contributed by atoms with Gasteiger partial charge in [0.2, 0.25) is 0 Å². The predicted octanol–water partition coefficient (Wildman–Crippen LogP) is 1.81. The number of aromatic nitrogens is 1. The quantitative estimate of drug-likeness (QED) is 0.845. The summed E-state index contributed by atoms with van der Waals surface area (Å²) in [6.45, 7) is 1.42. The van der Waals surface area contributed by atoms with E-state index in [-0.39, 0.29) is 5.91 Å². The Labute approximate surface area is 112 Å². The van der Waals surface area contributed by atoms with Crippen LogP contribution in [0.15, 0.2) is 36.5 Å². The summed E-state index contributed by atoms with van der Waals surface area (Å²) >= 11 is 0. The Hall–Kier alpha value is -2.23. The zero-order valence-electron chi connectivity index (χ0n) is 11.0.